The van der Waals surface area contributed by atoms with E-state index in [1.807, 2.05) is 60.7 Å². The van der Waals surface area contributed by atoms with Crippen LogP contribution in [0.1, 0.15) is 0 Å². The molecule has 158 valence electrons. The first-order valence-corrected chi connectivity index (χ1v) is 10.3. The average molecular weight is 481 g/mol. The van der Waals surface area contributed by atoms with Crippen LogP contribution in [0.4, 0.5) is 11.4 Å². The third kappa shape index (κ3) is 4.36. The number of hydrogen-bond donors (Lipinski definition) is 1. The van der Waals surface area contributed by atoms with Gasteiger partial charge < -0.3 is 24.3 Å². The molecule has 7 heteroatoms. The third-order valence-electron chi connectivity index (χ3n) is 4.75. The minimum atomic E-state index is 0.633. The smallest absolute Gasteiger partial charge is 0.169 e. The predicted molar refractivity (Wildman–Crippen MR) is 125 cm³/mol. The number of nitrogens with zero attached hydrogens (tertiary/aromatic N) is 1. The van der Waals surface area contributed by atoms with Gasteiger partial charge in [-0.3, -0.25) is 4.98 Å². The Balaban J connectivity index is 1.62. The fourth-order valence-electron chi connectivity index (χ4n) is 3.20. The highest BCUT2D eigenvalue weighted by molar-refractivity contribution is 9.10. The van der Waals surface area contributed by atoms with E-state index in [1.54, 1.807) is 27.5 Å². The minimum Gasteiger partial charge on any atom is -0.493 e. The summed E-state index contributed by atoms with van der Waals surface area (Å²) in [5.41, 5.74) is 2.57. The van der Waals surface area contributed by atoms with Crippen LogP contribution in [0.25, 0.3) is 10.9 Å². The molecular formula is C24H21BrN2O4. The standard InChI is InChI=1S/C24H21BrN2O4/c1-28-20-6-4-5-7-21(20)31-16-10-8-15(9-11-16)27-24-17-12-22(29-2)23(30-3)13-19(17)26-14-18(24)25/h4-14H,1-3H3,(H,26,27). The highest BCUT2D eigenvalue weighted by atomic mass is 79.9. The molecule has 0 unspecified atom stereocenters. The van der Waals surface area contributed by atoms with Gasteiger partial charge in [0.25, 0.3) is 0 Å². The van der Waals surface area contributed by atoms with E-state index >= 15 is 0 Å². The molecule has 4 rings (SSSR count). The van der Waals surface area contributed by atoms with Crippen LogP contribution in [0.3, 0.4) is 0 Å². The van der Waals surface area contributed by atoms with Crippen molar-refractivity contribution in [2.75, 3.05) is 26.6 Å². The molecule has 0 atom stereocenters. The van der Waals surface area contributed by atoms with Crippen molar-refractivity contribution in [1.82, 2.24) is 4.98 Å². The second-order valence-electron chi connectivity index (χ2n) is 6.61. The molecule has 0 aliphatic heterocycles. The number of anilines is 2. The first-order valence-electron chi connectivity index (χ1n) is 9.51. The van der Waals surface area contributed by atoms with Gasteiger partial charge in [0.05, 0.1) is 37.0 Å². The summed E-state index contributed by atoms with van der Waals surface area (Å²) in [6, 6.07) is 19.0. The Morgan fingerprint density at radius 2 is 1.42 bits per heavy atom. The van der Waals surface area contributed by atoms with Gasteiger partial charge >= 0.3 is 0 Å². The Hall–Kier alpha value is -3.45. The fourth-order valence-corrected chi connectivity index (χ4v) is 3.62. The molecule has 0 saturated carbocycles. The number of benzene rings is 3. The van der Waals surface area contributed by atoms with E-state index in [1.165, 1.54) is 0 Å². The summed E-state index contributed by atoms with van der Waals surface area (Å²) >= 11 is 3.60. The maximum Gasteiger partial charge on any atom is 0.169 e. The molecule has 0 radical (unpaired) electrons. The van der Waals surface area contributed by atoms with Crippen molar-refractivity contribution in [2.45, 2.75) is 0 Å². The van der Waals surface area contributed by atoms with Crippen molar-refractivity contribution < 1.29 is 18.9 Å². The lowest BCUT2D eigenvalue weighted by Crippen LogP contribution is -1.97. The maximum atomic E-state index is 5.95. The van der Waals surface area contributed by atoms with Crippen LogP contribution in [-0.2, 0) is 0 Å². The molecule has 0 saturated heterocycles. The van der Waals surface area contributed by atoms with Crippen LogP contribution in [0.2, 0.25) is 0 Å². The number of aromatic nitrogens is 1. The summed E-state index contributed by atoms with van der Waals surface area (Å²) in [4.78, 5) is 4.49. The molecule has 1 heterocycles. The van der Waals surface area contributed by atoms with Gasteiger partial charge in [0, 0.05) is 23.3 Å². The molecule has 1 aromatic heterocycles. The van der Waals surface area contributed by atoms with Crippen LogP contribution in [0.15, 0.2) is 71.3 Å². The molecule has 6 nitrogen and oxygen atoms in total. The Bertz CT molecular complexity index is 1210. The first kappa shape index (κ1) is 20.8. The predicted octanol–water partition coefficient (Wildman–Crippen LogP) is 6.56. The van der Waals surface area contributed by atoms with Crippen molar-refractivity contribution in [3.63, 3.8) is 0 Å². The Labute approximate surface area is 188 Å². The van der Waals surface area contributed by atoms with E-state index < -0.39 is 0 Å². The number of ether oxygens (including phenoxy) is 4. The second-order valence-corrected chi connectivity index (χ2v) is 7.46. The van der Waals surface area contributed by atoms with Gasteiger partial charge in [0.15, 0.2) is 23.0 Å². The number of hydrogen-bond acceptors (Lipinski definition) is 6. The lowest BCUT2D eigenvalue weighted by atomic mass is 10.1. The van der Waals surface area contributed by atoms with Crippen LogP contribution < -0.4 is 24.3 Å². The lowest BCUT2D eigenvalue weighted by Gasteiger charge is -2.15. The molecule has 31 heavy (non-hydrogen) atoms. The maximum absolute atomic E-state index is 5.95. The monoisotopic (exact) mass is 480 g/mol. The van der Waals surface area contributed by atoms with E-state index in [0.717, 1.165) is 26.8 Å². The molecule has 0 spiro atoms. The van der Waals surface area contributed by atoms with Crippen molar-refractivity contribution in [3.05, 3.63) is 71.3 Å². The van der Waals surface area contributed by atoms with Crippen LogP contribution >= 0.6 is 15.9 Å². The molecule has 0 amide bonds. The van der Waals surface area contributed by atoms with Gasteiger partial charge in [-0.15, -0.1) is 0 Å². The van der Waals surface area contributed by atoms with Gasteiger partial charge in [-0.1, -0.05) is 12.1 Å². The number of nitrogens with one attached hydrogen (secondary N) is 1. The number of halogens is 1. The number of methoxy groups -OCH3 is 3. The van der Waals surface area contributed by atoms with Crippen LogP contribution in [0.5, 0.6) is 28.7 Å². The van der Waals surface area contributed by atoms with Gasteiger partial charge in [-0.05, 0) is 58.4 Å². The van der Waals surface area contributed by atoms with E-state index in [0.29, 0.717) is 28.7 Å². The summed E-state index contributed by atoms with van der Waals surface area (Å²) in [6.07, 6.45) is 1.76. The first-order chi connectivity index (χ1) is 15.1. The topological polar surface area (TPSA) is 61.8 Å². The lowest BCUT2D eigenvalue weighted by molar-refractivity contribution is 0.356. The third-order valence-corrected chi connectivity index (χ3v) is 5.35. The molecule has 0 aliphatic rings. The highest BCUT2D eigenvalue weighted by Crippen LogP contribution is 2.39. The Morgan fingerprint density at radius 1 is 0.774 bits per heavy atom. The van der Waals surface area contributed by atoms with Gasteiger partial charge in [0.2, 0.25) is 0 Å². The molecule has 0 fully saturated rings. The van der Waals surface area contributed by atoms with Gasteiger partial charge in [-0.25, -0.2) is 0 Å². The minimum absolute atomic E-state index is 0.633. The SMILES string of the molecule is COc1cc2ncc(Br)c(Nc3ccc(Oc4ccccc4OC)cc3)c2cc1OC. The largest absolute Gasteiger partial charge is 0.493 e. The Kier molecular flexibility index (Phi) is 6.13. The van der Waals surface area contributed by atoms with Gasteiger partial charge in [-0.2, -0.15) is 0 Å². The van der Waals surface area contributed by atoms with Crippen LogP contribution in [-0.4, -0.2) is 26.3 Å². The van der Waals surface area contributed by atoms with Crippen molar-refractivity contribution >= 4 is 38.2 Å². The van der Waals surface area contributed by atoms with E-state index in [2.05, 4.69) is 26.2 Å². The number of rotatable bonds is 7. The number of para-hydroxylation sites is 2. The quantitative estimate of drug-likeness (QED) is 0.323. The van der Waals surface area contributed by atoms with Crippen LogP contribution in [0, 0.1) is 0 Å². The molecule has 0 aliphatic carbocycles. The van der Waals surface area contributed by atoms with Crippen molar-refractivity contribution in [3.8, 4) is 28.7 Å². The molecular weight excluding hydrogens is 460 g/mol. The average Bonchev–Trinajstić information content (AvgIpc) is 2.81. The summed E-state index contributed by atoms with van der Waals surface area (Å²) in [5, 5.41) is 4.36. The number of fused-ring (bicyclic) bond motifs is 1. The molecule has 1 N–H and O–H groups in total. The number of pyridine rings is 1. The molecule has 0 bridgehead atoms. The fraction of sp³-hybridized carbons (Fsp3) is 0.125. The second kappa shape index (κ2) is 9.14. The molecule has 4 aromatic rings. The molecule has 3 aromatic carbocycles. The zero-order valence-corrected chi connectivity index (χ0v) is 18.9. The normalized spacial score (nSPS) is 10.6. The summed E-state index contributed by atoms with van der Waals surface area (Å²) in [5.74, 6) is 3.32. The zero-order valence-electron chi connectivity index (χ0n) is 17.3. The van der Waals surface area contributed by atoms with Crippen molar-refractivity contribution in [2.24, 2.45) is 0 Å². The summed E-state index contributed by atoms with van der Waals surface area (Å²) < 4.78 is 23.0. The Morgan fingerprint density at radius 3 is 2.10 bits per heavy atom. The summed E-state index contributed by atoms with van der Waals surface area (Å²) in [6.45, 7) is 0. The van der Waals surface area contributed by atoms with Gasteiger partial charge in [0.1, 0.15) is 5.75 Å². The highest BCUT2D eigenvalue weighted by Gasteiger charge is 2.13. The van der Waals surface area contributed by atoms with E-state index in [9.17, 15) is 0 Å². The van der Waals surface area contributed by atoms with E-state index in [4.69, 9.17) is 18.9 Å². The van der Waals surface area contributed by atoms with E-state index in [-0.39, 0.29) is 0 Å². The summed E-state index contributed by atoms with van der Waals surface area (Å²) in [7, 11) is 4.84. The zero-order chi connectivity index (χ0) is 21.8. The van der Waals surface area contributed by atoms with Crippen molar-refractivity contribution in [1.29, 1.82) is 0 Å².